The molecule has 7 heteroatoms. The molecule has 0 aromatic rings. The molecule has 0 aromatic heterocycles. The molecule has 0 spiro atoms. The van der Waals surface area contributed by atoms with Gasteiger partial charge in [0.1, 0.15) is 12.2 Å². The van der Waals surface area contributed by atoms with Crippen molar-refractivity contribution in [1.29, 1.82) is 0 Å². The van der Waals surface area contributed by atoms with Gasteiger partial charge in [-0.2, -0.15) is 0 Å². The summed E-state index contributed by atoms with van der Waals surface area (Å²) in [4.78, 5) is 12.5. The molecule has 7 nitrogen and oxygen atoms in total. The number of carbonyl (C=O) groups excluding carboxylic acids is 1. The van der Waals surface area contributed by atoms with Crippen molar-refractivity contribution in [3.8, 4) is 0 Å². The average Bonchev–Trinajstić information content (AvgIpc) is 3.14. The van der Waals surface area contributed by atoms with Crippen LogP contribution >= 0.6 is 0 Å². The van der Waals surface area contributed by atoms with Gasteiger partial charge in [0.15, 0.2) is 0 Å². The Bertz CT molecular complexity index is 680. The van der Waals surface area contributed by atoms with Crippen molar-refractivity contribution in [3.05, 3.63) is 0 Å². The number of rotatable bonds is 44. The Kier molecular flexibility index (Phi) is 43.7. The van der Waals surface area contributed by atoms with Gasteiger partial charge in [-0.25, -0.2) is 4.79 Å². The van der Waals surface area contributed by atoms with Gasteiger partial charge >= 0.3 is 6.09 Å². The summed E-state index contributed by atoms with van der Waals surface area (Å²) in [7, 11) is 1.66. The van der Waals surface area contributed by atoms with Crippen molar-refractivity contribution >= 4 is 6.09 Å². The maximum atomic E-state index is 12.5. The van der Waals surface area contributed by atoms with E-state index < -0.39 is 6.09 Å². The van der Waals surface area contributed by atoms with Crippen molar-refractivity contribution in [2.75, 3.05) is 53.3 Å². The zero-order valence-electron chi connectivity index (χ0n) is 35.5. The van der Waals surface area contributed by atoms with Gasteiger partial charge in [-0.3, -0.25) is 0 Å². The number of methoxy groups -OCH3 is 1. The lowest BCUT2D eigenvalue weighted by atomic mass is 10.0. The molecule has 1 N–H and O–H groups in total. The molecule has 0 saturated heterocycles. The Morgan fingerprint density at radius 2 is 0.846 bits per heavy atom. The quantitative estimate of drug-likeness (QED) is 0.0627. The monoisotopic (exact) mass is 742 g/mol. The van der Waals surface area contributed by atoms with E-state index in [1.165, 1.54) is 180 Å². The number of ether oxygens (including phenoxy) is 5. The number of hydrogen-bond donors (Lipinski definition) is 1. The summed E-state index contributed by atoms with van der Waals surface area (Å²) in [5.41, 5.74) is 0. The van der Waals surface area contributed by atoms with Gasteiger partial charge < -0.3 is 29.0 Å². The Morgan fingerprint density at radius 1 is 0.462 bits per heavy atom. The van der Waals surface area contributed by atoms with Crippen LogP contribution in [0.3, 0.4) is 0 Å². The predicted molar refractivity (Wildman–Crippen MR) is 222 cm³/mol. The normalized spacial score (nSPS) is 12.7. The minimum absolute atomic E-state index is 0.258. The van der Waals surface area contributed by atoms with Gasteiger partial charge in [0, 0.05) is 33.5 Å². The highest BCUT2D eigenvalue weighted by Gasteiger charge is 2.22. The number of unbranched alkanes of at least 4 members (excludes halogenated alkanes) is 28. The van der Waals surface area contributed by atoms with Crippen molar-refractivity contribution in [1.82, 2.24) is 5.32 Å². The molecule has 0 aromatic carbocycles. The van der Waals surface area contributed by atoms with Gasteiger partial charge in [0.25, 0.3) is 0 Å². The highest BCUT2D eigenvalue weighted by atomic mass is 16.6. The molecule has 52 heavy (non-hydrogen) atoms. The fourth-order valence-electron chi connectivity index (χ4n) is 6.70. The lowest BCUT2D eigenvalue weighted by Gasteiger charge is -2.24. The molecule has 312 valence electrons. The van der Waals surface area contributed by atoms with Crippen LogP contribution in [0.2, 0.25) is 0 Å². The van der Waals surface area contributed by atoms with Gasteiger partial charge in [-0.15, -0.1) is 0 Å². The van der Waals surface area contributed by atoms with Crippen LogP contribution < -0.4 is 5.32 Å². The maximum Gasteiger partial charge on any atom is 0.407 e. The summed E-state index contributed by atoms with van der Waals surface area (Å²) in [5, 5.41) is 2.84. The number of hydrogen-bond acceptors (Lipinski definition) is 6. The van der Waals surface area contributed by atoms with E-state index in [2.05, 4.69) is 19.2 Å². The smallest absolute Gasteiger partial charge is 0.407 e. The summed E-state index contributed by atoms with van der Waals surface area (Å²) in [5.74, 6) is 0. The molecule has 1 amide bonds. The van der Waals surface area contributed by atoms with Gasteiger partial charge in [0.05, 0.1) is 19.8 Å². The first-order valence-corrected chi connectivity index (χ1v) is 22.9. The third kappa shape index (κ3) is 40.3. The number of carbonyl (C=O) groups is 1. The largest absolute Gasteiger partial charge is 0.444 e. The van der Waals surface area contributed by atoms with Gasteiger partial charge in [0.2, 0.25) is 0 Å². The number of amides is 1. The third-order valence-corrected chi connectivity index (χ3v) is 10.2. The third-order valence-electron chi connectivity index (χ3n) is 10.2. The molecular formula is C45H91NO6. The molecule has 0 radical (unpaired) electrons. The SMILES string of the molecule is CCCCCCCCCCCCCCCCCCOC[C@@H](OCCCCCCCCCCCCCCCC)[C@@H](C)OC(=O)NCCCOCCOC. The van der Waals surface area contributed by atoms with Crippen LogP contribution in [0, 0.1) is 0 Å². The Morgan fingerprint density at radius 3 is 1.27 bits per heavy atom. The number of alkyl carbamates (subject to hydrolysis) is 1. The van der Waals surface area contributed by atoms with E-state index in [-0.39, 0.29) is 12.2 Å². The Balaban J connectivity index is 4.10. The minimum atomic E-state index is -0.410. The lowest BCUT2D eigenvalue weighted by Crippen LogP contribution is -2.38. The van der Waals surface area contributed by atoms with Crippen LogP contribution in [0.5, 0.6) is 0 Å². The average molecular weight is 742 g/mol. The summed E-state index contributed by atoms with van der Waals surface area (Å²) >= 11 is 0. The fourth-order valence-corrected chi connectivity index (χ4v) is 6.70. The van der Waals surface area contributed by atoms with Crippen LogP contribution in [0.1, 0.15) is 220 Å². The summed E-state index contributed by atoms with van der Waals surface area (Å²) in [6.45, 7) is 10.6. The summed E-state index contributed by atoms with van der Waals surface area (Å²) in [6, 6.07) is 0. The fraction of sp³-hybridized carbons (Fsp3) is 0.978. The van der Waals surface area contributed by atoms with E-state index in [9.17, 15) is 4.79 Å². The van der Waals surface area contributed by atoms with Crippen molar-refractivity contribution in [2.45, 2.75) is 232 Å². The molecule has 0 aliphatic rings. The topological polar surface area (TPSA) is 75.3 Å². The van der Waals surface area contributed by atoms with Crippen LogP contribution in [0.4, 0.5) is 4.79 Å². The lowest BCUT2D eigenvalue weighted by molar-refractivity contribution is -0.0777. The second kappa shape index (κ2) is 44.5. The van der Waals surface area contributed by atoms with Crippen LogP contribution in [0.25, 0.3) is 0 Å². The Labute approximate surface area is 324 Å². The van der Waals surface area contributed by atoms with Crippen LogP contribution in [-0.2, 0) is 23.7 Å². The van der Waals surface area contributed by atoms with E-state index in [0.29, 0.717) is 39.6 Å². The van der Waals surface area contributed by atoms with E-state index >= 15 is 0 Å². The summed E-state index contributed by atoms with van der Waals surface area (Å²) < 4.78 is 28.5. The molecule has 2 atom stereocenters. The molecule has 0 unspecified atom stereocenters. The first-order chi connectivity index (χ1) is 25.7. The van der Waals surface area contributed by atoms with Crippen LogP contribution in [0.15, 0.2) is 0 Å². The molecule has 0 saturated carbocycles. The molecule has 0 fully saturated rings. The Hall–Kier alpha value is -0.890. The van der Waals surface area contributed by atoms with Gasteiger partial charge in [-0.1, -0.05) is 194 Å². The zero-order valence-corrected chi connectivity index (χ0v) is 35.5. The highest BCUT2D eigenvalue weighted by molar-refractivity contribution is 5.67. The van der Waals surface area contributed by atoms with Gasteiger partial charge in [-0.05, 0) is 26.2 Å². The van der Waals surface area contributed by atoms with Crippen LogP contribution in [-0.4, -0.2) is 71.6 Å². The molecule has 0 aliphatic carbocycles. The molecule has 0 heterocycles. The molecular weight excluding hydrogens is 650 g/mol. The highest BCUT2D eigenvalue weighted by Crippen LogP contribution is 2.16. The first kappa shape index (κ1) is 51.1. The van der Waals surface area contributed by atoms with E-state index in [1.54, 1.807) is 7.11 Å². The minimum Gasteiger partial charge on any atom is -0.444 e. The number of nitrogens with one attached hydrogen (secondary N) is 1. The maximum absolute atomic E-state index is 12.5. The van der Waals surface area contributed by atoms with E-state index in [4.69, 9.17) is 23.7 Å². The molecule has 0 bridgehead atoms. The second-order valence-corrected chi connectivity index (χ2v) is 15.4. The first-order valence-electron chi connectivity index (χ1n) is 22.9. The predicted octanol–water partition coefficient (Wildman–Crippen LogP) is 13.3. The van der Waals surface area contributed by atoms with Crippen molar-refractivity contribution in [2.24, 2.45) is 0 Å². The second-order valence-electron chi connectivity index (χ2n) is 15.4. The van der Waals surface area contributed by atoms with E-state index in [0.717, 1.165) is 25.9 Å². The standard InChI is InChI=1S/C45H91NO6/c1-5-7-9-11-13-15-17-19-21-22-23-25-27-29-31-33-37-50-42-44(43(3)52-45(47)46-36-35-38-49-41-40-48-4)51-39-34-32-30-28-26-24-20-18-16-14-12-10-8-6-2/h43-44H,5-42H2,1-4H3,(H,46,47)/t43-,44-/m1/s1. The molecule has 0 rings (SSSR count). The van der Waals surface area contributed by atoms with E-state index in [1.807, 2.05) is 6.92 Å². The van der Waals surface area contributed by atoms with Crippen molar-refractivity contribution in [3.63, 3.8) is 0 Å². The van der Waals surface area contributed by atoms with Crippen molar-refractivity contribution < 1.29 is 28.5 Å². The molecule has 0 aliphatic heterocycles. The zero-order chi connectivity index (χ0) is 37.8. The summed E-state index contributed by atoms with van der Waals surface area (Å²) in [6.07, 6.45) is 40.3.